The molecule has 1 saturated heterocycles. The largest absolute Gasteiger partial charge is 0.379 e. The van der Waals surface area contributed by atoms with Crippen LogP contribution in [0.3, 0.4) is 0 Å². The normalized spacial score (nSPS) is 16.6. The molecule has 1 aliphatic rings. The summed E-state index contributed by atoms with van der Waals surface area (Å²) in [4.78, 5) is 16.1. The van der Waals surface area contributed by atoms with E-state index >= 15 is 0 Å². The molecule has 0 bridgehead atoms. The molecule has 20 heavy (non-hydrogen) atoms. The van der Waals surface area contributed by atoms with Crippen molar-refractivity contribution in [3.8, 4) is 0 Å². The Morgan fingerprint density at radius 1 is 1.45 bits per heavy atom. The maximum atomic E-state index is 11.8. The van der Waals surface area contributed by atoms with Crippen LogP contribution in [0.25, 0.3) is 0 Å². The Hall–Kier alpha value is -1.44. The summed E-state index contributed by atoms with van der Waals surface area (Å²) < 4.78 is 10.5. The van der Waals surface area contributed by atoms with E-state index in [1.54, 1.807) is 6.07 Å². The van der Waals surface area contributed by atoms with Crippen molar-refractivity contribution in [3.05, 3.63) is 17.5 Å². The molecule has 1 aromatic rings. The highest BCUT2D eigenvalue weighted by molar-refractivity contribution is 5.92. The maximum Gasteiger partial charge on any atom is 0.273 e. The smallest absolute Gasteiger partial charge is 0.273 e. The highest BCUT2D eigenvalue weighted by atomic mass is 16.5. The van der Waals surface area contributed by atoms with Gasteiger partial charge in [-0.3, -0.25) is 9.69 Å². The van der Waals surface area contributed by atoms with Gasteiger partial charge in [0.1, 0.15) is 0 Å². The lowest BCUT2D eigenvalue weighted by molar-refractivity contribution is 0.0305. The number of ether oxygens (including phenoxy) is 1. The van der Waals surface area contributed by atoms with Crippen LogP contribution >= 0.6 is 0 Å². The lowest BCUT2D eigenvalue weighted by Crippen LogP contribution is -2.35. The van der Waals surface area contributed by atoms with Crippen molar-refractivity contribution >= 4 is 5.91 Å². The van der Waals surface area contributed by atoms with E-state index in [9.17, 15) is 4.79 Å². The molecule has 1 amide bonds. The van der Waals surface area contributed by atoms with Gasteiger partial charge in [0.2, 0.25) is 0 Å². The van der Waals surface area contributed by atoms with Crippen LogP contribution in [0.2, 0.25) is 0 Å². The lowest BCUT2D eigenvalue weighted by atomic mass is 10.3. The number of amides is 1. The van der Waals surface area contributed by atoms with Crippen LogP contribution in [0.15, 0.2) is 10.6 Å². The summed E-state index contributed by atoms with van der Waals surface area (Å²) in [5.74, 6) is 0.522. The molecule has 0 unspecified atom stereocenters. The first-order valence-electron chi connectivity index (χ1n) is 6.84. The fourth-order valence-corrected chi connectivity index (χ4v) is 1.96. The molecular formula is C13H22N4O3. The SMILES string of the molecule is CN(C)CCNC(=O)c1cc(CN2CCOCC2)on1. The zero-order valence-electron chi connectivity index (χ0n) is 12.1. The van der Waals surface area contributed by atoms with Gasteiger partial charge < -0.3 is 19.5 Å². The van der Waals surface area contributed by atoms with Gasteiger partial charge in [-0.2, -0.15) is 0 Å². The van der Waals surface area contributed by atoms with E-state index in [4.69, 9.17) is 9.26 Å². The van der Waals surface area contributed by atoms with E-state index in [1.165, 1.54) is 0 Å². The van der Waals surface area contributed by atoms with Gasteiger partial charge >= 0.3 is 0 Å². The lowest BCUT2D eigenvalue weighted by Gasteiger charge is -2.25. The summed E-state index contributed by atoms with van der Waals surface area (Å²) in [5, 5.41) is 6.63. The third kappa shape index (κ3) is 4.59. The molecule has 0 saturated carbocycles. The topological polar surface area (TPSA) is 70.8 Å². The Labute approximate surface area is 118 Å². The molecule has 2 heterocycles. The van der Waals surface area contributed by atoms with Gasteiger partial charge in [0.05, 0.1) is 19.8 Å². The van der Waals surface area contributed by atoms with Crippen molar-refractivity contribution in [2.24, 2.45) is 0 Å². The number of hydrogen-bond acceptors (Lipinski definition) is 6. The van der Waals surface area contributed by atoms with E-state index in [0.717, 1.165) is 32.8 Å². The maximum absolute atomic E-state index is 11.8. The highest BCUT2D eigenvalue weighted by Gasteiger charge is 2.16. The molecule has 0 radical (unpaired) electrons. The highest BCUT2D eigenvalue weighted by Crippen LogP contribution is 2.09. The van der Waals surface area contributed by atoms with Crippen LogP contribution in [0.4, 0.5) is 0 Å². The van der Waals surface area contributed by atoms with Gasteiger partial charge in [-0.05, 0) is 14.1 Å². The number of carbonyl (C=O) groups is 1. The molecule has 0 atom stereocenters. The Kier molecular flexibility index (Phi) is 5.51. The number of morpholine rings is 1. The number of aromatic nitrogens is 1. The van der Waals surface area contributed by atoms with Gasteiger partial charge in [-0.1, -0.05) is 5.16 Å². The van der Waals surface area contributed by atoms with Crippen LogP contribution in [0.1, 0.15) is 16.2 Å². The average Bonchev–Trinajstić information content (AvgIpc) is 2.88. The minimum Gasteiger partial charge on any atom is -0.379 e. The summed E-state index contributed by atoms with van der Waals surface area (Å²) in [6, 6.07) is 1.71. The quantitative estimate of drug-likeness (QED) is 0.779. The first kappa shape index (κ1) is 15.0. The Bertz CT molecular complexity index is 427. The second kappa shape index (κ2) is 7.37. The van der Waals surface area contributed by atoms with Crippen molar-refractivity contribution < 1.29 is 14.1 Å². The van der Waals surface area contributed by atoms with Crippen LogP contribution in [0, 0.1) is 0 Å². The molecule has 1 N–H and O–H groups in total. The number of hydrogen-bond donors (Lipinski definition) is 1. The van der Waals surface area contributed by atoms with Crippen molar-refractivity contribution in [3.63, 3.8) is 0 Å². The van der Waals surface area contributed by atoms with Crippen molar-refractivity contribution in [2.45, 2.75) is 6.54 Å². The monoisotopic (exact) mass is 282 g/mol. The number of nitrogens with zero attached hydrogens (tertiary/aromatic N) is 3. The first-order valence-corrected chi connectivity index (χ1v) is 6.84. The summed E-state index contributed by atoms with van der Waals surface area (Å²) in [5.41, 5.74) is 0.340. The average molecular weight is 282 g/mol. The van der Waals surface area contributed by atoms with Crippen LogP contribution < -0.4 is 5.32 Å². The fourth-order valence-electron chi connectivity index (χ4n) is 1.96. The van der Waals surface area contributed by atoms with Gasteiger partial charge in [0.25, 0.3) is 5.91 Å². The van der Waals surface area contributed by atoms with E-state index < -0.39 is 0 Å². The number of carbonyl (C=O) groups excluding carboxylic acids is 1. The van der Waals surface area contributed by atoms with E-state index in [2.05, 4.69) is 15.4 Å². The van der Waals surface area contributed by atoms with Gasteiger partial charge in [0, 0.05) is 32.2 Å². The fraction of sp³-hybridized carbons (Fsp3) is 0.692. The molecule has 7 heteroatoms. The molecular weight excluding hydrogens is 260 g/mol. The molecule has 7 nitrogen and oxygen atoms in total. The molecule has 1 aromatic heterocycles. The molecule has 1 fully saturated rings. The minimum absolute atomic E-state index is 0.191. The zero-order chi connectivity index (χ0) is 14.4. The summed E-state index contributed by atoms with van der Waals surface area (Å²) in [6.07, 6.45) is 0. The zero-order valence-corrected chi connectivity index (χ0v) is 12.1. The van der Waals surface area contributed by atoms with Gasteiger partial charge in [0.15, 0.2) is 11.5 Å². The van der Waals surface area contributed by atoms with Crippen molar-refractivity contribution in [2.75, 3.05) is 53.5 Å². The van der Waals surface area contributed by atoms with Crippen LogP contribution in [-0.4, -0.2) is 74.4 Å². The first-order chi connectivity index (χ1) is 9.65. The Balaban J connectivity index is 1.80. The third-order valence-electron chi connectivity index (χ3n) is 3.12. The van der Waals surface area contributed by atoms with Crippen LogP contribution in [0.5, 0.6) is 0 Å². The van der Waals surface area contributed by atoms with Gasteiger partial charge in [-0.15, -0.1) is 0 Å². The third-order valence-corrected chi connectivity index (χ3v) is 3.12. The Morgan fingerprint density at radius 2 is 2.20 bits per heavy atom. The number of rotatable bonds is 6. The molecule has 0 aliphatic carbocycles. The molecule has 112 valence electrons. The van der Waals surface area contributed by atoms with Gasteiger partial charge in [-0.25, -0.2) is 0 Å². The predicted octanol–water partition coefficient (Wildman–Crippen LogP) is -0.202. The summed E-state index contributed by atoms with van der Waals surface area (Å²) in [7, 11) is 3.92. The van der Waals surface area contributed by atoms with Crippen molar-refractivity contribution in [1.82, 2.24) is 20.3 Å². The number of likely N-dealkylation sites (N-methyl/N-ethyl adjacent to an activating group) is 1. The molecule has 0 spiro atoms. The van der Waals surface area contributed by atoms with Crippen molar-refractivity contribution in [1.29, 1.82) is 0 Å². The van der Waals surface area contributed by atoms with E-state index in [0.29, 0.717) is 24.5 Å². The minimum atomic E-state index is -0.191. The second-order valence-electron chi connectivity index (χ2n) is 5.13. The second-order valence-corrected chi connectivity index (χ2v) is 5.13. The van der Waals surface area contributed by atoms with E-state index in [1.807, 2.05) is 19.0 Å². The Morgan fingerprint density at radius 3 is 2.90 bits per heavy atom. The van der Waals surface area contributed by atoms with Crippen LogP contribution in [-0.2, 0) is 11.3 Å². The molecule has 2 rings (SSSR count). The standard InChI is InChI=1S/C13H22N4O3/c1-16(2)4-3-14-13(18)12-9-11(20-15-12)10-17-5-7-19-8-6-17/h9H,3-8,10H2,1-2H3,(H,14,18). The summed E-state index contributed by atoms with van der Waals surface area (Å²) >= 11 is 0. The molecule has 1 aliphatic heterocycles. The summed E-state index contributed by atoms with van der Waals surface area (Å²) in [6.45, 7) is 5.30. The number of nitrogens with one attached hydrogen (secondary N) is 1. The predicted molar refractivity (Wildman–Crippen MR) is 73.5 cm³/mol. The molecule has 0 aromatic carbocycles. The van der Waals surface area contributed by atoms with E-state index in [-0.39, 0.29) is 5.91 Å².